The molecule has 1 aromatic heterocycles. The van der Waals surface area contributed by atoms with Gasteiger partial charge in [0.15, 0.2) is 5.82 Å². The van der Waals surface area contributed by atoms with Crippen molar-refractivity contribution in [2.75, 3.05) is 13.1 Å². The van der Waals surface area contributed by atoms with Crippen molar-refractivity contribution in [3.63, 3.8) is 0 Å². The van der Waals surface area contributed by atoms with Crippen molar-refractivity contribution in [1.82, 2.24) is 19.7 Å². The molecule has 0 bridgehead atoms. The van der Waals surface area contributed by atoms with Crippen LogP contribution in [0.15, 0.2) is 35.1 Å². The van der Waals surface area contributed by atoms with Crippen LogP contribution in [0.3, 0.4) is 0 Å². The van der Waals surface area contributed by atoms with Crippen LogP contribution in [0.1, 0.15) is 39.7 Å². The Morgan fingerprint density at radius 3 is 2.36 bits per heavy atom. The topological polar surface area (TPSA) is 53.9 Å². The van der Waals surface area contributed by atoms with Gasteiger partial charge in [0.05, 0.1) is 6.04 Å². The largest absolute Gasteiger partial charge is 0.343 e. The Morgan fingerprint density at radius 1 is 1.14 bits per heavy atom. The molecule has 2 heterocycles. The number of hydrogen-bond acceptors (Lipinski definition) is 3. The number of likely N-dealkylation sites (tertiary alicyclic amines) is 1. The van der Waals surface area contributed by atoms with Crippen LogP contribution in [0, 0.1) is 0 Å². The number of hydrogen-bond donors (Lipinski definition) is 1. The SMILES string of the molecule is CC(C)(C)N1CCC(n2nc(-c3ccccc3)[nH]c2=O)CC1. The average Bonchev–Trinajstić information content (AvgIpc) is 2.89. The Balaban J connectivity index is 1.77. The molecule has 1 N–H and O–H groups in total. The number of H-pyrrole nitrogens is 1. The summed E-state index contributed by atoms with van der Waals surface area (Å²) in [6.07, 6.45) is 1.94. The predicted molar refractivity (Wildman–Crippen MR) is 87.9 cm³/mol. The summed E-state index contributed by atoms with van der Waals surface area (Å²) in [6, 6.07) is 9.99. The number of nitrogens with zero attached hydrogens (tertiary/aromatic N) is 3. The molecule has 2 aromatic rings. The molecular formula is C17H24N4O. The van der Waals surface area contributed by atoms with Gasteiger partial charge in [-0.1, -0.05) is 30.3 Å². The number of benzene rings is 1. The molecule has 1 aliphatic heterocycles. The van der Waals surface area contributed by atoms with E-state index in [2.05, 4.69) is 35.8 Å². The second-order valence-electron chi connectivity index (χ2n) is 6.98. The van der Waals surface area contributed by atoms with Gasteiger partial charge >= 0.3 is 5.69 Å². The molecule has 0 spiro atoms. The third-order valence-corrected chi connectivity index (χ3v) is 4.45. The van der Waals surface area contributed by atoms with Crippen molar-refractivity contribution < 1.29 is 0 Å². The Labute approximate surface area is 131 Å². The van der Waals surface area contributed by atoms with Crippen LogP contribution >= 0.6 is 0 Å². The number of aromatic nitrogens is 3. The molecule has 5 nitrogen and oxygen atoms in total. The summed E-state index contributed by atoms with van der Waals surface area (Å²) in [4.78, 5) is 17.6. The van der Waals surface area contributed by atoms with Gasteiger partial charge in [0.1, 0.15) is 0 Å². The molecule has 0 amide bonds. The molecule has 0 aliphatic carbocycles. The summed E-state index contributed by atoms with van der Waals surface area (Å²) < 4.78 is 1.64. The number of nitrogens with one attached hydrogen (secondary N) is 1. The fraction of sp³-hybridized carbons (Fsp3) is 0.529. The highest BCUT2D eigenvalue weighted by Gasteiger charge is 2.29. The standard InChI is InChI=1S/C17H24N4O/c1-17(2,3)20-11-9-14(10-12-20)21-16(22)18-15(19-21)13-7-5-4-6-8-13/h4-8,14H,9-12H2,1-3H3,(H,18,19,22). The first-order valence-corrected chi connectivity index (χ1v) is 7.94. The smallest absolute Gasteiger partial charge is 0.298 e. The van der Waals surface area contributed by atoms with Gasteiger partial charge < -0.3 is 0 Å². The van der Waals surface area contributed by atoms with E-state index in [1.165, 1.54) is 0 Å². The van der Waals surface area contributed by atoms with Crippen molar-refractivity contribution in [1.29, 1.82) is 0 Å². The highest BCUT2D eigenvalue weighted by atomic mass is 16.2. The molecule has 1 aromatic carbocycles. The summed E-state index contributed by atoms with van der Waals surface area (Å²) in [6.45, 7) is 8.73. The Morgan fingerprint density at radius 2 is 1.77 bits per heavy atom. The summed E-state index contributed by atoms with van der Waals surface area (Å²) >= 11 is 0. The van der Waals surface area contributed by atoms with Gasteiger partial charge in [0.25, 0.3) is 0 Å². The van der Waals surface area contributed by atoms with Crippen LogP contribution in [0.5, 0.6) is 0 Å². The van der Waals surface area contributed by atoms with E-state index in [4.69, 9.17) is 0 Å². The molecule has 22 heavy (non-hydrogen) atoms. The lowest BCUT2D eigenvalue weighted by Gasteiger charge is -2.40. The van der Waals surface area contributed by atoms with Crippen LogP contribution in [0.4, 0.5) is 0 Å². The van der Waals surface area contributed by atoms with Crippen molar-refractivity contribution in [3.8, 4) is 11.4 Å². The van der Waals surface area contributed by atoms with E-state index < -0.39 is 0 Å². The molecule has 1 saturated heterocycles. The first-order valence-electron chi connectivity index (χ1n) is 7.94. The first kappa shape index (κ1) is 15.0. The molecule has 0 unspecified atom stereocenters. The van der Waals surface area contributed by atoms with Crippen LogP contribution in [-0.2, 0) is 0 Å². The van der Waals surface area contributed by atoms with Gasteiger partial charge in [-0.05, 0) is 33.6 Å². The van der Waals surface area contributed by atoms with Crippen LogP contribution in [-0.4, -0.2) is 38.3 Å². The Kier molecular flexibility index (Phi) is 3.91. The highest BCUT2D eigenvalue weighted by Crippen LogP contribution is 2.26. The van der Waals surface area contributed by atoms with E-state index in [1.807, 2.05) is 30.3 Å². The molecular weight excluding hydrogens is 276 g/mol. The molecule has 0 saturated carbocycles. The maximum Gasteiger partial charge on any atom is 0.343 e. The zero-order valence-electron chi connectivity index (χ0n) is 13.5. The van der Waals surface area contributed by atoms with Crippen molar-refractivity contribution in [2.24, 2.45) is 0 Å². The average molecular weight is 300 g/mol. The zero-order valence-corrected chi connectivity index (χ0v) is 13.5. The lowest BCUT2D eigenvalue weighted by atomic mass is 9.98. The third-order valence-electron chi connectivity index (χ3n) is 4.45. The van der Waals surface area contributed by atoms with Gasteiger partial charge in [0.2, 0.25) is 0 Å². The van der Waals surface area contributed by atoms with E-state index in [-0.39, 0.29) is 17.3 Å². The minimum Gasteiger partial charge on any atom is -0.298 e. The molecule has 0 radical (unpaired) electrons. The van der Waals surface area contributed by atoms with Crippen LogP contribution in [0.2, 0.25) is 0 Å². The quantitative estimate of drug-likeness (QED) is 0.927. The highest BCUT2D eigenvalue weighted by molar-refractivity contribution is 5.53. The molecule has 0 atom stereocenters. The van der Waals surface area contributed by atoms with Crippen LogP contribution < -0.4 is 5.69 Å². The lowest BCUT2D eigenvalue weighted by molar-refractivity contribution is 0.0862. The lowest BCUT2D eigenvalue weighted by Crippen LogP contribution is -2.47. The fourth-order valence-corrected chi connectivity index (χ4v) is 3.09. The van der Waals surface area contributed by atoms with Crippen molar-refractivity contribution in [3.05, 3.63) is 40.8 Å². The molecule has 5 heteroatoms. The van der Waals surface area contributed by atoms with Gasteiger partial charge in [-0.3, -0.25) is 9.88 Å². The van der Waals surface area contributed by atoms with Gasteiger partial charge in [-0.15, -0.1) is 5.10 Å². The van der Waals surface area contributed by atoms with Crippen molar-refractivity contribution in [2.45, 2.75) is 45.2 Å². The monoisotopic (exact) mass is 300 g/mol. The molecule has 1 fully saturated rings. The third kappa shape index (κ3) is 2.99. The van der Waals surface area contributed by atoms with Crippen molar-refractivity contribution >= 4 is 0 Å². The maximum absolute atomic E-state index is 12.2. The molecule has 3 rings (SSSR count). The summed E-state index contributed by atoms with van der Waals surface area (Å²) in [7, 11) is 0. The summed E-state index contributed by atoms with van der Waals surface area (Å²) in [5.74, 6) is 0.656. The van der Waals surface area contributed by atoms with Gasteiger partial charge in [-0.2, -0.15) is 0 Å². The molecule has 118 valence electrons. The second kappa shape index (κ2) is 5.72. The van der Waals surface area contributed by atoms with E-state index in [0.29, 0.717) is 5.82 Å². The minimum atomic E-state index is -0.104. The number of aromatic amines is 1. The van der Waals surface area contributed by atoms with E-state index >= 15 is 0 Å². The predicted octanol–water partition coefficient (Wildman–Crippen LogP) is 2.67. The van der Waals surface area contributed by atoms with E-state index in [0.717, 1.165) is 31.5 Å². The second-order valence-corrected chi connectivity index (χ2v) is 6.98. The van der Waals surface area contributed by atoms with Gasteiger partial charge in [0, 0.05) is 24.2 Å². The van der Waals surface area contributed by atoms with E-state index in [9.17, 15) is 4.79 Å². The normalized spacial score (nSPS) is 17.8. The zero-order chi connectivity index (χ0) is 15.7. The minimum absolute atomic E-state index is 0.104. The first-order chi connectivity index (χ1) is 10.4. The summed E-state index contributed by atoms with van der Waals surface area (Å²) in [5.41, 5.74) is 1.04. The Bertz CT molecular complexity index is 673. The van der Waals surface area contributed by atoms with Crippen LogP contribution in [0.25, 0.3) is 11.4 Å². The summed E-state index contributed by atoms with van der Waals surface area (Å²) in [5, 5.41) is 4.52. The number of rotatable bonds is 2. The number of piperidine rings is 1. The van der Waals surface area contributed by atoms with E-state index in [1.54, 1.807) is 4.68 Å². The fourth-order valence-electron chi connectivity index (χ4n) is 3.09. The molecule has 1 aliphatic rings. The van der Waals surface area contributed by atoms with Gasteiger partial charge in [-0.25, -0.2) is 9.48 Å². The Hall–Kier alpha value is -1.88. The maximum atomic E-state index is 12.2.